The van der Waals surface area contributed by atoms with Crippen LogP contribution >= 0.6 is 0 Å². The Labute approximate surface area is 125 Å². The molecule has 0 spiro atoms. The summed E-state index contributed by atoms with van der Waals surface area (Å²) in [5.74, 6) is -0.684. The van der Waals surface area contributed by atoms with Crippen LogP contribution in [0, 0.1) is 16.7 Å². The van der Waals surface area contributed by atoms with Gasteiger partial charge in [0.2, 0.25) is 0 Å². The Morgan fingerprint density at radius 2 is 1.76 bits per heavy atom. The molecule has 0 aromatic rings. The largest absolute Gasteiger partial charge is 0.481 e. The molecule has 0 aromatic heterocycles. The van der Waals surface area contributed by atoms with Gasteiger partial charge in [0.25, 0.3) is 0 Å². The van der Waals surface area contributed by atoms with Crippen LogP contribution in [0.5, 0.6) is 0 Å². The fourth-order valence-electron chi connectivity index (χ4n) is 4.62. The van der Waals surface area contributed by atoms with E-state index in [1.54, 1.807) is 5.01 Å². The Hall–Kier alpha value is -1.17. The van der Waals surface area contributed by atoms with Crippen LogP contribution in [0.15, 0.2) is 5.29 Å². The molecule has 3 saturated heterocycles. The Balaban J connectivity index is 1.76. The molecular formula is C15H25N3O3. The molecule has 0 aliphatic carbocycles. The number of carboxylic acid groups (broad SMARTS) is 1. The van der Waals surface area contributed by atoms with Crippen LogP contribution in [-0.4, -0.2) is 52.7 Å². The van der Waals surface area contributed by atoms with E-state index in [0.717, 1.165) is 58.2 Å². The number of aliphatic carboxylic acids is 1. The summed E-state index contributed by atoms with van der Waals surface area (Å²) in [5, 5.41) is 14.5. The van der Waals surface area contributed by atoms with E-state index in [2.05, 4.69) is 10.2 Å². The van der Waals surface area contributed by atoms with Crippen molar-refractivity contribution in [1.29, 1.82) is 0 Å². The fraction of sp³-hybridized carbons (Fsp3) is 0.933. The Bertz CT molecular complexity index is 404. The van der Waals surface area contributed by atoms with Gasteiger partial charge in [0.05, 0.1) is 17.2 Å². The molecule has 0 aromatic carbocycles. The third-order valence-corrected chi connectivity index (χ3v) is 5.64. The second-order valence-corrected chi connectivity index (χ2v) is 6.81. The van der Waals surface area contributed by atoms with Crippen molar-refractivity contribution in [2.24, 2.45) is 17.1 Å². The van der Waals surface area contributed by atoms with Gasteiger partial charge in [-0.05, 0) is 51.0 Å². The maximum Gasteiger partial charge on any atom is 0.308 e. The average Bonchev–Trinajstić information content (AvgIpc) is 2.53. The Morgan fingerprint density at radius 3 is 2.48 bits per heavy atom. The van der Waals surface area contributed by atoms with E-state index in [0.29, 0.717) is 6.42 Å². The van der Waals surface area contributed by atoms with Crippen molar-refractivity contribution < 1.29 is 9.90 Å². The highest BCUT2D eigenvalue weighted by atomic mass is 16.4. The zero-order chi connectivity index (χ0) is 14.8. The molecule has 4 atom stereocenters. The molecule has 3 rings (SSSR count). The smallest absolute Gasteiger partial charge is 0.308 e. The van der Waals surface area contributed by atoms with Gasteiger partial charge in [0.1, 0.15) is 0 Å². The van der Waals surface area contributed by atoms with E-state index >= 15 is 0 Å². The van der Waals surface area contributed by atoms with Crippen LogP contribution in [0.2, 0.25) is 0 Å². The van der Waals surface area contributed by atoms with Crippen LogP contribution in [0.1, 0.15) is 44.9 Å². The summed E-state index contributed by atoms with van der Waals surface area (Å²) in [4.78, 5) is 25.1. The number of carbonyl (C=O) groups is 1. The second-order valence-electron chi connectivity index (χ2n) is 6.81. The maximum absolute atomic E-state index is 11.7. The molecule has 3 aliphatic rings. The highest BCUT2D eigenvalue weighted by Crippen LogP contribution is 2.38. The molecule has 6 heteroatoms. The minimum atomic E-state index is -0.668. The number of fused-ring (bicyclic) bond motifs is 1. The quantitative estimate of drug-likeness (QED) is 0.807. The highest BCUT2D eigenvalue weighted by molar-refractivity contribution is 5.71. The van der Waals surface area contributed by atoms with Crippen molar-refractivity contribution in [3.63, 3.8) is 0 Å². The average molecular weight is 295 g/mol. The molecule has 0 amide bonds. The second kappa shape index (κ2) is 6.30. The van der Waals surface area contributed by atoms with Crippen molar-refractivity contribution in [3.8, 4) is 0 Å². The van der Waals surface area contributed by atoms with Gasteiger partial charge < -0.3 is 5.11 Å². The highest BCUT2D eigenvalue weighted by Gasteiger charge is 2.44. The predicted molar refractivity (Wildman–Crippen MR) is 78.6 cm³/mol. The van der Waals surface area contributed by atoms with Crippen LogP contribution in [0.4, 0.5) is 0 Å². The number of carboxylic acids is 1. The third kappa shape index (κ3) is 2.91. The van der Waals surface area contributed by atoms with E-state index in [1.165, 1.54) is 0 Å². The predicted octanol–water partition coefficient (Wildman–Crippen LogP) is 2.10. The van der Waals surface area contributed by atoms with E-state index in [1.807, 2.05) is 0 Å². The molecule has 0 saturated carbocycles. The summed E-state index contributed by atoms with van der Waals surface area (Å²) >= 11 is 0. The first-order chi connectivity index (χ1) is 10.2. The molecule has 6 nitrogen and oxygen atoms in total. The first kappa shape index (κ1) is 14.8. The molecule has 1 N–H and O–H groups in total. The summed E-state index contributed by atoms with van der Waals surface area (Å²) in [5.41, 5.74) is 0. The zero-order valence-electron chi connectivity index (χ0n) is 12.5. The number of hydrogen-bond acceptors (Lipinski definition) is 4. The molecule has 3 aliphatic heterocycles. The Morgan fingerprint density at radius 1 is 1.05 bits per heavy atom. The van der Waals surface area contributed by atoms with Crippen LogP contribution in [0.25, 0.3) is 0 Å². The summed E-state index contributed by atoms with van der Waals surface area (Å²) in [6, 6.07) is 0.342. The number of nitroso groups, excluding NO2 is 1. The van der Waals surface area contributed by atoms with Crippen LogP contribution in [-0.2, 0) is 4.79 Å². The van der Waals surface area contributed by atoms with E-state index < -0.39 is 5.97 Å². The van der Waals surface area contributed by atoms with Gasteiger partial charge >= 0.3 is 5.97 Å². The molecule has 3 heterocycles. The van der Waals surface area contributed by atoms with Crippen molar-refractivity contribution in [2.45, 2.75) is 57.0 Å². The van der Waals surface area contributed by atoms with Gasteiger partial charge in [0, 0.05) is 19.1 Å². The lowest BCUT2D eigenvalue weighted by Gasteiger charge is -2.49. The summed E-state index contributed by atoms with van der Waals surface area (Å²) in [6.45, 7) is 2.67. The monoisotopic (exact) mass is 295 g/mol. The van der Waals surface area contributed by atoms with Crippen molar-refractivity contribution in [1.82, 2.24) is 9.91 Å². The zero-order valence-corrected chi connectivity index (χ0v) is 12.5. The van der Waals surface area contributed by atoms with Gasteiger partial charge in [-0.2, -0.15) is 0 Å². The lowest BCUT2D eigenvalue weighted by molar-refractivity contribution is -0.149. The minimum absolute atomic E-state index is 0.140. The molecule has 0 unspecified atom stereocenters. The summed E-state index contributed by atoms with van der Waals surface area (Å²) in [6.07, 6.45) is 7.12. The normalized spacial score (nSPS) is 37.8. The van der Waals surface area contributed by atoms with Gasteiger partial charge in [-0.15, -0.1) is 4.91 Å². The van der Waals surface area contributed by atoms with Crippen molar-refractivity contribution in [3.05, 3.63) is 4.91 Å². The third-order valence-electron chi connectivity index (χ3n) is 5.64. The molecule has 118 valence electrons. The lowest BCUT2D eigenvalue weighted by Crippen LogP contribution is -2.57. The first-order valence-electron chi connectivity index (χ1n) is 8.27. The molecule has 21 heavy (non-hydrogen) atoms. The standard InChI is InChI=1S/C15H25N3O3/c19-15(20)12-9-11(10-17-7-3-1-6-14(12)17)13-5-2-4-8-18(13)16-21/h11-14H,1-10H2,(H,19,20)/t11-,12+,13-,14-/m1/s1. The van der Waals surface area contributed by atoms with E-state index in [4.69, 9.17) is 0 Å². The fourth-order valence-corrected chi connectivity index (χ4v) is 4.62. The Kier molecular flexibility index (Phi) is 4.42. The molecule has 0 bridgehead atoms. The van der Waals surface area contributed by atoms with Crippen LogP contribution < -0.4 is 0 Å². The summed E-state index contributed by atoms with van der Waals surface area (Å²) in [7, 11) is 0. The molecule has 3 fully saturated rings. The minimum Gasteiger partial charge on any atom is -0.481 e. The molecular weight excluding hydrogens is 270 g/mol. The van der Waals surface area contributed by atoms with E-state index in [-0.39, 0.29) is 23.9 Å². The number of rotatable bonds is 3. The van der Waals surface area contributed by atoms with Crippen LogP contribution in [0.3, 0.4) is 0 Å². The van der Waals surface area contributed by atoms with Crippen molar-refractivity contribution in [2.75, 3.05) is 19.6 Å². The molecule has 0 radical (unpaired) electrons. The van der Waals surface area contributed by atoms with E-state index in [9.17, 15) is 14.8 Å². The first-order valence-corrected chi connectivity index (χ1v) is 8.27. The van der Waals surface area contributed by atoms with Gasteiger partial charge in [-0.1, -0.05) is 6.42 Å². The van der Waals surface area contributed by atoms with Crippen molar-refractivity contribution >= 4 is 5.97 Å². The van der Waals surface area contributed by atoms with Gasteiger partial charge in [0.15, 0.2) is 0 Å². The van der Waals surface area contributed by atoms with Gasteiger partial charge in [-0.25, -0.2) is 0 Å². The maximum atomic E-state index is 11.7. The number of nitrogens with zero attached hydrogens (tertiary/aromatic N) is 3. The lowest BCUT2D eigenvalue weighted by atomic mass is 9.75. The summed E-state index contributed by atoms with van der Waals surface area (Å²) < 4.78 is 0. The SMILES string of the molecule is O=NN1CCCC[C@@H]1[C@@H]1C[C@H](C(=O)O)[C@H]2CCCCN2C1. The number of hydrogen-bond donors (Lipinski definition) is 1. The topological polar surface area (TPSA) is 73.2 Å². The van der Waals surface area contributed by atoms with Gasteiger partial charge in [-0.3, -0.25) is 14.7 Å². The number of piperidine rings is 3.